The molecule has 1 fully saturated rings. The molecule has 17 heavy (non-hydrogen) atoms. The number of rotatable bonds is 5. The molecule has 1 atom stereocenters. The fourth-order valence-corrected chi connectivity index (χ4v) is 2.88. The lowest BCUT2D eigenvalue weighted by molar-refractivity contribution is 0.509. The molecule has 1 aromatic rings. The molecule has 0 aromatic heterocycles. The molecule has 0 saturated heterocycles. The van der Waals surface area contributed by atoms with Gasteiger partial charge in [-0.3, -0.25) is 0 Å². The largest absolute Gasteiger partial charge is 0.314 e. The number of hydrogen-bond acceptors (Lipinski definition) is 1. The van der Waals surface area contributed by atoms with Gasteiger partial charge in [-0.25, -0.2) is 0 Å². The Labute approximate surface area is 105 Å². The first-order chi connectivity index (χ1) is 8.31. The van der Waals surface area contributed by atoms with Gasteiger partial charge in [0.15, 0.2) is 0 Å². The molecule has 1 nitrogen and oxygen atoms in total. The van der Waals surface area contributed by atoms with Crippen LogP contribution in [0.25, 0.3) is 0 Å². The maximum atomic E-state index is 3.63. The lowest BCUT2D eigenvalue weighted by atomic mass is 9.98. The fraction of sp³-hybridized carbons (Fsp3) is 0.625. The molecule has 1 heteroatoms. The van der Waals surface area contributed by atoms with Gasteiger partial charge < -0.3 is 5.32 Å². The first-order valence-electron chi connectivity index (χ1n) is 7.15. The normalized spacial score (nSPS) is 20.3. The van der Waals surface area contributed by atoms with Crippen molar-refractivity contribution in [1.82, 2.24) is 5.32 Å². The Balaban J connectivity index is 1.56. The van der Waals surface area contributed by atoms with Gasteiger partial charge in [-0.15, -0.1) is 0 Å². The van der Waals surface area contributed by atoms with E-state index in [0.717, 1.165) is 12.0 Å². The quantitative estimate of drug-likeness (QED) is 0.818. The van der Waals surface area contributed by atoms with Crippen LogP contribution in [0, 0.1) is 5.92 Å². The second kappa shape index (κ2) is 4.81. The molecular formula is C16H23N. The molecule has 1 N–H and O–H groups in total. The molecule has 0 aliphatic heterocycles. The van der Waals surface area contributed by atoms with Gasteiger partial charge in [0, 0.05) is 6.04 Å². The van der Waals surface area contributed by atoms with E-state index in [4.69, 9.17) is 0 Å². The smallest absolute Gasteiger partial charge is 0.00683 e. The maximum absolute atomic E-state index is 3.63. The summed E-state index contributed by atoms with van der Waals surface area (Å²) in [4.78, 5) is 0. The van der Waals surface area contributed by atoms with Crippen molar-refractivity contribution in [2.45, 2.75) is 51.5 Å². The van der Waals surface area contributed by atoms with Gasteiger partial charge in [0.05, 0.1) is 0 Å². The van der Waals surface area contributed by atoms with E-state index < -0.39 is 0 Å². The van der Waals surface area contributed by atoms with Crippen molar-refractivity contribution in [1.29, 1.82) is 0 Å². The van der Waals surface area contributed by atoms with Crippen LogP contribution in [0.4, 0.5) is 0 Å². The summed E-state index contributed by atoms with van der Waals surface area (Å²) in [5.74, 6) is 0.759. The summed E-state index contributed by atoms with van der Waals surface area (Å²) in [6.07, 6.45) is 7.98. The first kappa shape index (κ1) is 11.3. The Morgan fingerprint density at radius 2 is 2.06 bits per heavy atom. The summed E-state index contributed by atoms with van der Waals surface area (Å²) >= 11 is 0. The molecule has 2 aliphatic rings. The lowest BCUT2D eigenvalue weighted by Crippen LogP contribution is -2.24. The van der Waals surface area contributed by atoms with E-state index >= 15 is 0 Å². The van der Waals surface area contributed by atoms with Crippen LogP contribution in [0.2, 0.25) is 0 Å². The maximum Gasteiger partial charge on any atom is 0.00683 e. The van der Waals surface area contributed by atoms with Crippen LogP contribution in [0.5, 0.6) is 0 Å². The van der Waals surface area contributed by atoms with E-state index in [-0.39, 0.29) is 0 Å². The van der Waals surface area contributed by atoms with Gasteiger partial charge >= 0.3 is 0 Å². The summed E-state index contributed by atoms with van der Waals surface area (Å²) in [6.45, 7) is 3.55. The zero-order valence-corrected chi connectivity index (χ0v) is 10.8. The monoisotopic (exact) mass is 229 g/mol. The minimum atomic E-state index is 0.759. The molecule has 0 spiro atoms. The molecular weight excluding hydrogens is 206 g/mol. The van der Waals surface area contributed by atoms with Gasteiger partial charge in [0.25, 0.3) is 0 Å². The summed E-state index contributed by atoms with van der Waals surface area (Å²) in [7, 11) is 0. The lowest BCUT2D eigenvalue weighted by Gasteiger charge is -2.13. The molecule has 1 unspecified atom stereocenters. The van der Waals surface area contributed by atoms with E-state index in [1.54, 1.807) is 11.1 Å². The fourth-order valence-electron chi connectivity index (χ4n) is 2.88. The molecule has 0 bridgehead atoms. The highest BCUT2D eigenvalue weighted by atomic mass is 14.9. The SMILES string of the molecule is CC(CNC1CC1)Cc1ccc2c(c1)CCC2. The Morgan fingerprint density at radius 1 is 1.24 bits per heavy atom. The third-order valence-electron chi connectivity index (χ3n) is 4.08. The van der Waals surface area contributed by atoms with Crippen molar-refractivity contribution in [2.24, 2.45) is 5.92 Å². The van der Waals surface area contributed by atoms with Crippen molar-refractivity contribution < 1.29 is 0 Å². The van der Waals surface area contributed by atoms with Crippen molar-refractivity contribution in [3.05, 3.63) is 34.9 Å². The third-order valence-corrected chi connectivity index (χ3v) is 4.08. The predicted octanol–water partition coefficient (Wildman–Crippen LogP) is 3.11. The Morgan fingerprint density at radius 3 is 2.88 bits per heavy atom. The topological polar surface area (TPSA) is 12.0 Å². The summed E-state index contributed by atoms with van der Waals surface area (Å²) in [6, 6.07) is 8.00. The molecule has 0 amide bonds. The van der Waals surface area contributed by atoms with Crippen LogP contribution in [0.1, 0.15) is 42.9 Å². The average Bonchev–Trinajstić information content (AvgIpc) is 3.04. The predicted molar refractivity (Wildman–Crippen MR) is 72.4 cm³/mol. The number of aryl methyl sites for hydroxylation is 2. The van der Waals surface area contributed by atoms with E-state index in [9.17, 15) is 0 Å². The molecule has 0 heterocycles. The highest BCUT2D eigenvalue weighted by Gasteiger charge is 2.21. The van der Waals surface area contributed by atoms with Crippen LogP contribution < -0.4 is 5.32 Å². The van der Waals surface area contributed by atoms with E-state index in [0.29, 0.717) is 0 Å². The standard InChI is InChI=1S/C16H23N/c1-12(11-17-16-7-8-16)9-13-5-6-14-3-2-4-15(14)10-13/h5-6,10,12,16-17H,2-4,7-9,11H2,1H3. The Bertz CT molecular complexity index is 393. The zero-order valence-electron chi connectivity index (χ0n) is 10.8. The minimum absolute atomic E-state index is 0.759. The van der Waals surface area contributed by atoms with Gasteiger partial charge in [-0.1, -0.05) is 25.1 Å². The van der Waals surface area contributed by atoms with Crippen LogP contribution in [0.3, 0.4) is 0 Å². The molecule has 1 aromatic carbocycles. The molecule has 0 radical (unpaired) electrons. The van der Waals surface area contributed by atoms with Crippen LogP contribution in [0.15, 0.2) is 18.2 Å². The van der Waals surface area contributed by atoms with E-state index in [1.807, 2.05) is 0 Å². The average molecular weight is 229 g/mol. The summed E-state index contributed by atoms with van der Waals surface area (Å²) < 4.78 is 0. The molecule has 3 rings (SSSR count). The van der Waals surface area contributed by atoms with Gasteiger partial charge in [0.1, 0.15) is 0 Å². The number of fused-ring (bicyclic) bond motifs is 1. The van der Waals surface area contributed by atoms with Gasteiger partial charge in [0.2, 0.25) is 0 Å². The third kappa shape index (κ3) is 2.90. The minimum Gasteiger partial charge on any atom is -0.314 e. The number of nitrogens with one attached hydrogen (secondary N) is 1. The van der Waals surface area contributed by atoms with Crippen LogP contribution in [-0.4, -0.2) is 12.6 Å². The van der Waals surface area contributed by atoms with Crippen molar-refractivity contribution >= 4 is 0 Å². The van der Waals surface area contributed by atoms with Crippen LogP contribution in [-0.2, 0) is 19.3 Å². The van der Waals surface area contributed by atoms with Gasteiger partial charge in [-0.05, 0) is 67.7 Å². The van der Waals surface area contributed by atoms with Crippen molar-refractivity contribution in [3.8, 4) is 0 Å². The summed E-state index contributed by atoms with van der Waals surface area (Å²) in [5.41, 5.74) is 4.75. The van der Waals surface area contributed by atoms with Crippen molar-refractivity contribution in [2.75, 3.05) is 6.54 Å². The Kier molecular flexibility index (Phi) is 3.19. The van der Waals surface area contributed by atoms with E-state index in [2.05, 4.69) is 30.4 Å². The second-order valence-electron chi connectivity index (χ2n) is 5.95. The van der Waals surface area contributed by atoms with E-state index in [1.165, 1.54) is 50.6 Å². The van der Waals surface area contributed by atoms with Crippen molar-refractivity contribution in [3.63, 3.8) is 0 Å². The second-order valence-corrected chi connectivity index (χ2v) is 5.95. The number of hydrogen-bond donors (Lipinski definition) is 1. The zero-order chi connectivity index (χ0) is 11.7. The first-order valence-corrected chi connectivity index (χ1v) is 7.15. The molecule has 2 aliphatic carbocycles. The highest BCUT2D eigenvalue weighted by Crippen LogP contribution is 2.24. The molecule has 92 valence electrons. The number of benzene rings is 1. The van der Waals surface area contributed by atoms with Gasteiger partial charge in [-0.2, -0.15) is 0 Å². The van der Waals surface area contributed by atoms with Crippen LogP contribution >= 0.6 is 0 Å². The molecule has 1 saturated carbocycles. The Hall–Kier alpha value is -0.820. The highest BCUT2D eigenvalue weighted by molar-refractivity contribution is 5.35. The summed E-state index contributed by atoms with van der Waals surface area (Å²) in [5, 5.41) is 3.63.